The molecule has 0 radical (unpaired) electrons. The molecule has 0 saturated carbocycles. The predicted octanol–water partition coefficient (Wildman–Crippen LogP) is 8.43. The molecule has 3 aliphatic heterocycles. The quantitative estimate of drug-likeness (QED) is 0.0889. The Hall–Kier alpha value is -5.74. The number of alkyl halides is 4. The van der Waals surface area contributed by atoms with E-state index < -0.39 is 41.6 Å². The van der Waals surface area contributed by atoms with Gasteiger partial charge in [0.1, 0.15) is 11.7 Å². The topological polar surface area (TPSA) is 150 Å². The number of halogens is 6. The predicted molar refractivity (Wildman–Crippen MR) is 192 cm³/mol. The molecule has 2 unspecified atom stereocenters. The van der Waals surface area contributed by atoms with Crippen LogP contribution >= 0.6 is 23.2 Å². The van der Waals surface area contributed by atoms with Crippen molar-refractivity contribution in [3.05, 3.63) is 111 Å². The van der Waals surface area contributed by atoms with E-state index in [1.54, 1.807) is 61.5 Å². The van der Waals surface area contributed by atoms with Crippen LogP contribution in [0.5, 0.6) is 0 Å². The molecule has 5 aromatic rings. The van der Waals surface area contributed by atoms with E-state index in [9.17, 15) is 22.8 Å². The highest BCUT2D eigenvalue weighted by Crippen LogP contribution is 2.43. The lowest BCUT2D eigenvalue weighted by atomic mass is 9.74. The Balaban J connectivity index is 1.15. The number of hydrogen-bond donors (Lipinski definition) is 3. The molecule has 3 aliphatic rings. The number of nitrogens with zero attached hydrogens (tertiary/aromatic N) is 5. The molecule has 3 N–H and O–H groups in total. The van der Waals surface area contributed by atoms with E-state index >= 15 is 4.39 Å². The standard InChI is InChI=1S/C36H28Cl2F4N8O4/c1-18(43)49-30(14-25-32-44-16-31-50(32)48-34(54-31)20-5-9-23(10-6-20)46-29(52)15-35(25,2)17-39)53-33(47-49)19-3-7-22(8-4-19)45-28(51)13-24-26(37)11-21(12-27(24)38)36(40,41)42/h3-12,14,16,25,43H,13,15,17H2,1-2H3,(H,45,51)(H,46,52). The number of nitrogens with one attached hydrogen (secondary N) is 3. The van der Waals surface area contributed by atoms with Crippen molar-refractivity contribution in [2.24, 2.45) is 10.5 Å². The highest BCUT2D eigenvalue weighted by molar-refractivity contribution is 6.36. The number of imidazole rings is 1. The van der Waals surface area contributed by atoms with Gasteiger partial charge in [0, 0.05) is 44.4 Å². The largest absolute Gasteiger partial charge is 0.419 e. The summed E-state index contributed by atoms with van der Waals surface area (Å²) >= 11 is 12.1. The van der Waals surface area contributed by atoms with E-state index in [2.05, 4.69) is 25.8 Å². The average Bonchev–Trinajstić information content (AvgIpc) is 3.84. The summed E-state index contributed by atoms with van der Waals surface area (Å²) in [6, 6.07) is 14.6. The first-order valence-corrected chi connectivity index (χ1v) is 17.0. The first kappa shape index (κ1) is 36.6. The summed E-state index contributed by atoms with van der Waals surface area (Å²) in [7, 11) is 0. The SMILES string of the molecule is CC(=N)N1N=C(c2ccc(NC(=O)Cc3c(Cl)cc(C(F)(F)F)cc3Cl)cc2)OC1=CC1c2ncc3oc(nn23)-c2ccc(cc2)NC(=O)CC1(C)CF. The van der Waals surface area contributed by atoms with Crippen molar-refractivity contribution in [3.63, 3.8) is 0 Å². The molecule has 5 heterocycles. The second kappa shape index (κ2) is 13.9. The van der Waals surface area contributed by atoms with Crippen LogP contribution in [-0.2, 0) is 26.9 Å². The van der Waals surface area contributed by atoms with Gasteiger partial charge in [0.25, 0.3) is 0 Å². The Kier molecular flexibility index (Phi) is 9.43. The summed E-state index contributed by atoms with van der Waals surface area (Å²) in [4.78, 5) is 30.6. The fraction of sp³-hybridized carbons (Fsp3) is 0.222. The van der Waals surface area contributed by atoms with Gasteiger partial charge in [-0.25, -0.2) is 4.98 Å². The summed E-state index contributed by atoms with van der Waals surface area (Å²) < 4.78 is 68.2. The third-order valence-electron chi connectivity index (χ3n) is 8.89. The van der Waals surface area contributed by atoms with Gasteiger partial charge in [0.2, 0.25) is 35.2 Å². The first-order valence-electron chi connectivity index (χ1n) is 16.2. The van der Waals surface area contributed by atoms with Crippen LogP contribution in [0.3, 0.4) is 0 Å². The van der Waals surface area contributed by atoms with Gasteiger partial charge in [0.05, 0.1) is 30.8 Å². The maximum atomic E-state index is 15.3. The van der Waals surface area contributed by atoms with Crippen molar-refractivity contribution >= 4 is 63.8 Å². The highest BCUT2D eigenvalue weighted by Gasteiger charge is 2.42. The van der Waals surface area contributed by atoms with Crippen LogP contribution in [0.2, 0.25) is 10.0 Å². The maximum Gasteiger partial charge on any atom is 0.416 e. The van der Waals surface area contributed by atoms with Gasteiger partial charge < -0.3 is 19.8 Å². The van der Waals surface area contributed by atoms with Gasteiger partial charge in [-0.1, -0.05) is 30.1 Å². The summed E-state index contributed by atoms with van der Waals surface area (Å²) in [5, 5.41) is 23.6. The molecule has 2 aromatic heterocycles. The summed E-state index contributed by atoms with van der Waals surface area (Å²) in [6.07, 6.45) is -2.31. The zero-order valence-electron chi connectivity index (χ0n) is 28.3. The Morgan fingerprint density at radius 1 is 1.11 bits per heavy atom. The van der Waals surface area contributed by atoms with Crippen LogP contribution in [0.4, 0.5) is 28.9 Å². The second-order valence-corrected chi connectivity index (χ2v) is 13.8. The maximum absolute atomic E-state index is 15.3. The Morgan fingerprint density at radius 2 is 1.78 bits per heavy atom. The molecule has 2 amide bonds. The summed E-state index contributed by atoms with van der Waals surface area (Å²) in [5.41, 5.74) is -0.170. The minimum atomic E-state index is -4.66. The fourth-order valence-electron chi connectivity index (χ4n) is 6.05. The molecule has 12 nitrogen and oxygen atoms in total. The van der Waals surface area contributed by atoms with E-state index in [4.69, 9.17) is 37.8 Å². The molecule has 4 bridgehead atoms. The van der Waals surface area contributed by atoms with Crippen LogP contribution in [0, 0.1) is 10.8 Å². The van der Waals surface area contributed by atoms with Gasteiger partial charge in [-0.2, -0.15) is 22.7 Å². The Bertz CT molecular complexity index is 2350. The fourth-order valence-corrected chi connectivity index (χ4v) is 6.67. The number of fused-ring (bicyclic) bond motifs is 6. The van der Waals surface area contributed by atoms with Gasteiger partial charge in [-0.15, -0.1) is 10.2 Å². The number of anilines is 2. The van der Waals surface area contributed by atoms with Gasteiger partial charge in [0.15, 0.2) is 0 Å². The average molecular weight is 784 g/mol. The number of benzene rings is 3. The monoisotopic (exact) mass is 782 g/mol. The number of allylic oxidation sites excluding steroid dienone is 1. The molecule has 0 fully saturated rings. The molecule has 3 aromatic carbocycles. The summed E-state index contributed by atoms with van der Waals surface area (Å²) in [6.45, 7) is 2.13. The lowest BCUT2D eigenvalue weighted by Crippen LogP contribution is -2.34. The zero-order valence-corrected chi connectivity index (χ0v) is 29.8. The highest BCUT2D eigenvalue weighted by atomic mass is 35.5. The van der Waals surface area contributed by atoms with E-state index in [-0.39, 0.29) is 63.5 Å². The summed E-state index contributed by atoms with van der Waals surface area (Å²) in [5.74, 6) is -1.36. The minimum Gasteiger partial charge on any atom is -0.419 e. The number of hydrazone groups is 1. The number of amides is 2. The third-order valence-corrected chi connectivity index (χ3v) is 9.56. The number of rotatable bonds is 6. The van der Waals surface area contributed by atoms with Crippen molar-refractivity contribution in [3.8, 4) is 11.5 Å². The Morgan fingerprint density at radius 3 is 2.41 bits per heavy atom. The lowest BCUT2D eigenvalue weighted by molar-refractivity contribution is -0.137. The number of hydrogen-bond acceptors (Lipinski definition) is 8. The van der Waals surface area contributed by atoms with Crippen LogP contribution in [0.1, 0.15) is 48.7 Å². The van der Waals surface area contributed by atoms with Gasteiger partial charge in [-0.3, -0.25) is 19.4 Å². The van der Waals surface area contributed by atoms with Crippen LogP contribution in [0.15, 0.2) is 88.3 Å². The van der Waals surface area contributed by atoms with E-state index in [1.807, 2.05) is 0 Å². The lowest BCUT2D eigenvalue weighted by Gasteiger charge is -2.32. The van der Waals surface area contributed by atoms with E-state index in [0.717, 1.165) is 0 Å². The third kappa shape index (κ3) is 7.13. The first-order chi connectivity index (χ1) is 25.6. The molecule has 18 heteroatoms. The van der Waals surface area contributed by atoms with E-state index in [1.165, 1.54) is 22.6 Å². The Labute approximate surface area is 313 Å². The van der Waals surface area contributed by atoms with Crippen LogP contribution in [0.25, 0.3) is 17.2 Å². The van der Waals surface area contributed by atoms with Gasteiger partial charge in [-0.05, 0) is 79.2 Å². The smallest absolute Gasteiger partial charge is 0.416 e. The molecule has 54 heavy (non-hydrogen) atoms. The van der Waals surface area contributed by atoms with Crippen molar-refractivity contribution in [2.75, 3.05) is 17.3 Å². The van der Waals surface area contributed by atoms with Gasteiger partial charge >= 0.3 is 6.18 Å². The molecule has 0 aliphatic carbocycles. The molecule has 278 valence electrons. The van der Waals surface area contributed by atoms with Crippen molar-refractivity contribution in [1.29, 1.82) is 5.41 Å². The van der Waals surface area contributed by atoms with Crippen LogP contribution < -0.4 is 10.6 Å². The molecule has 0 saturated heterocycles. The van der Waals surface area contributed by atoms with Crippen molar-refractivity contribution in [2.45, 2.75) is 38.8 Å². The van der Waals surface area contributed by atoms with Crippen molar-refractivity contribution in [1.82, 2.24) is 19.6 Å². The number of carbonyl (C=O) groups is 2. The number of carbonyl (C=O) groups excluding carboxylic acids is 2. The minimum absolute atomic E-state index is 0.0380. The number of ether oxygens (including phenoxy) is 1. The second-order valence-electron chi connectivity index (χ2n) is 13.0. The molecular weight excluding hydrogens is 755 g/mol. The van der Waals surface area contributed by atoms with Crippen LogP contribution in [-0.4, -0.2) is 49.8 Å². The zero-order chi connectivity index (χ0) is 38.5. The van der Waals surface area contributed by atoms with E-state index in [0.29, 0.717) is 34.6 Å². The molecular formula is C36H28Cl2F4N8O4. The van der Waals surface area contributed by atoms with Crippen molar-refractivity contribution < 1.29 is 36.3 Å². The molecule has 8 rings (SSSR count). The number of aromatic nitrogens is 3. The molecule has 0 spiro atoms. The number of amidine groups is 1. The normalized spacial score (nSPS) is 19.3. The molecule has 2 atom stereocenters.